The standard InChI is InChI=1S/C22H26N2O3/c1-4-5-6-13-24-19-14-18(11-12-20(19)27-16(3)22(24)26)23-21(25)17-9-7-15(2)8-10-17/h7-12,14,16H,4-6,13H2,1-3H3,(H,23,25). The Morgan fingerprint density at radius 2 is 1.89 bits per heavy atom. The van der Waals surface area contributed by atoms with Gasteiger partial charge in [-0.1, -0.05) is 37.5 Å². The average Bonchev–Trinajstić information content (AvgIpc) is 2.66. The van der Waals surface area contributed by atoms with Crippen molar-refractivity contribution in [1.82, 2.24) is 0 Å². The molecule has 3 rings (SSSR count). The van der Waals surface area contributed by atoms with Crippen molar-refractivity contribution < 1.29 is 14.3 Å². The summed E-state index contributed by atoms with van der Waals surface area (Å²) in [7, 11) is 0. The number of benzene rings is 2. The van der Waals surface area contributed by atoms with E-state index in [1.54, 1.807) is 30.0 Å². The van der Waals surface area contributed by atoms with E-state index in [1.807, 2.05) is 31.2 Å². The Labute approximate surface area is 160 Å². The first-order valence-corrected chi connectivity index (χ1v) is 9.49. The highest BCUT2D eigenvalue weighted by Crippen LogP contribution is 2.36. The van der Waals surface area contributed by atoms with Gasteiger partial charge in [0, 0.05) is 17.8 Å². The lowest BCUT2D eigenvalue weighted by Gasteiger charge is -2.33. The Hall–Kier alpha value is -2.82. The van der Waals surface area contributed by atoms with Gasteiger partial charge in [-0.3, -0.25) is 9.59 Å². The molecule has 1 N–H and O–H groups in total. The second-order valence-electron chi connectivity index (χ2n) is 6.96. The minimum Gasteiger partial charge on any atom is -0.479 e. The number of carbonyl (C=O) groups is 2. The van der Waals surface area contributed by atoms with E-state index in [-0.39, 0.29) is 11.8 Å². The molecule has 0 aliphatic carbocycles. The van der Waals surface area contributed by atoms with Crippen LogP contribution >= 0.6 is 0 Å². The molecule has 0 fully saturated rings. The number of hydrogen-bond acceptors (Lipinski definition) is 3. The van der Waals surface area contributed by atoms with Crippen molar-refractivity contribution >= 4 is 23.2 Å². The molecule has 5 nitrogen and oxygen atoms in total. The Bertz CT molecular complexity index is 830. The van der Waals surface area contributed by atoms with E-state index in [2.05, 4.69) is 12.2 Å². The molecule has 27 heavy (non-hydrogen) atoms. The molecule has 0 radical (unpaired) electrons. The van der Waals surface area contributed by atoms with Gasteiger partial charge in [0.25, 0.3) is 11.8 Å². The highest BCUT2D eigenvalue weighted by Gasteiger charge is 2.31. The van der Waals surface area contributed by atoms with Gasteiger partial charge < -0.3 is 15.0 Å². The van der Waals surface area contributed by atoms with Crippen LogP contribution in [0.4, 0.5) is 11.4 Å². The Morgan fingerprint density at radius 3 is 2.59 bits per heavy atom. The number of unbranched alkanes of at least 4 members (excludes halogenated alkanes) is 2. The van der Waals surface area contributed by atoms with Crippen LogP contribution in [-0.4, -0.2) is 24.5 Å². The fraction of sp³-hybridized carbons (Fsp3) is 0.364. The summed E-state index contributed by atoms with van der Waals surface area (Å²) in [5, 5.41) is 2.91. The Morgan fingerprint density at radius 1 is 1.15 bits per heavy atom. The maximum atomic E-state index is 12.6. The zero-order valence-corrected chi connectivity index (χ0v) is 16.1. The first kappa shape index (κ1) is 19.0. The van der Waals surface area contributed by atoms with Crippen molar-refractivity contribution in [1.29, 1.82) is 0 Å². The molecule has 1 atom stereocenters. The molecule has 1 heterocycles. The van der Waals surface area contributed by atoms with Crippen LogP contribution in [-0.2, 0) is 4.79 Å². The quantitative estimate of drug-likeness (QED) is 0.763. The lowest BCUT2D eigenvalue weighted by Crippen LogP contribution is -2.44. The normalized spacial score (nSPS) is 15.9. The van der Waals surface area contributed by atoms with Gasteiger partial charge in [-0.15, -0.1) is 0 Å². The monoisotopic (exact) mass is 366 g/mol. The summed E-state index contributed by atoms with van der Waals surface area (Å²) in [6, 6.07) is 12.9. The first-order chi connectivity index (χ1) is 13.0. The van der Waals surface area contributed by atoms with Crippen molar-refractivity contribution in [2.24, 2.45) is 0 Å². The van der Waals surface area contributed by atoms with Crippen molar-refractivity contribution in [3.05, 3.63) is 53.6 Å². The number of carbonyl (C=O) groups excluding carboxylic acids is 2. The molecule has 0 bridgehead atoms. The zero-order chi connectivity index (χ0) is 19.4. The molecule has 142 valence electrons. The minimum absolute atomic E-state index is 0.0411. The maximum absolute atomic E-state index is 12.6. The fourth-order valence-electron chi connectivity index (χ4n) is 3.14. The van der Waals surface area contributed by atoms with E-state index in [0.717, 1.165) is 30.5 Å². The summed E-state index contributed by atoms with van der Waals surface area (Å²) in [6.07, 6.45) is 2.60. The first-order valence-electron chi connectivity index (χ1n) is 9.49. The number of nitrogens with one attached hydrogen (secondary N) is 1. The molecule has 1 aliphatic rings. The molecule has 5 heteroatoms. The number of rotatable bonds is 6. The third-order valence-corrected chi connectivity index (χ3v) is 4.72. The lowest BCUT2D eigenvalue weighted by molar-refractivity contribution is -0.125. The van der Waals surface area contributed by atoms with Crippen molar-refractivity contribution in [3.8, 4) is 5.75 Å². The minimum atomic E-state index is -0.493. The number of amides is 2. The lowest BCUT2D eigenvalue weighted by atomic mass is 10.1. The van der Waals surface area contributed by atoms with Crippen molar-refractivity contribution in [2.45, 2.75) is 46.1 Å². The summed E-state index contributed by atoms with van der Waals surface area (Å²) in [5.74, 6) is 0.455. The molecule has 2 aromatic carbocycles. The average molecular weight is 366 g/mol. The number of fused-ring (bicyclic) bond motifs is 1. The van der Waals surface area contributed by atoms with Gasteiger partial charge in [0.05, 0.1) is 5.69 Å². The van der Waals surface area contributed by atoms with Crippen LogP contribution in [0.15, 0.2) is 42.5 Å². The molecular weight excluding hydrogens is 340 g/mol. The molecule has 1 unspecified atom stereocenters. The van der Waals surface area contributed by atoms with Crippen molar-refractivity contribution in [2.75, 3.05) is 16.8 Å². The van der Waals surface area contributed by atoms with Gasteiger partial charge in [-0.05, 0) is 50.6 Å². The Balaban J connectivity index is 1.82. The van der Waals surface area contributed by atoms with E-state index >= 15 is 0 Å². The van der Waals surface area contributed by atoms with Crippen LogP contribution in [0, 0.1) is 6.92 Å². The maximum Gasteiger partial charge on any atom is 0.267 e. The summed E-state index contributed by atoms with van der Waals surface area (Å²) in [6.45, 7) is 6.54. The summed E-state index contributed by atoms with van der Waals surface area (Å²) < 4.78 is 5.73. The molecule has 2 amide bonds. The highest BCUT2D eigenvalue weighted by molar-refractivity contribution is 6.05. The second-order valence-corrected chi connectivity index (χ2v) is 6.96. The number of hydrogen-bond donors (Lipinski definition) is 1. The molecule has 2 aromatic rings. The predicted molar refractivity (Wildman–Crippen MR) is 108 cm³/mol. The summed E-state index contributed by atoms with van der Waals surface area (Å²) >= 11 is 0. The number of anilines is 2. The van der Waals surface area contributed by atoms with Gasteiger partial charge >= 0.3 is 0 Å². The van der Waals surface area contributed by atoms with Gasteiger partial charge in [0.15, 0.2) is 6.10 Å². The van der Waals surface area contributed by atoms with E-state index in [4.69, 9.17) is 4.74 Å². The second kappa shape index (κ2) is 8.25. The van der Waals surface area contributed by atoms with E-state index in [0.29, 0.717) is 23.5 Å². The van der Waals surface area contributed by atoms with E-state index < -0.39 is 6.10 Å². The molecule has 0 spiro atoms. The molecule has 0 saturated carbocycles. The Kier molecular flexibility index (Phi) is 5.79. The van der Waals surface area contributed by atoms with Crippen molar-refractivity contribution in [3.63, 3.8) is 0 Å². The SMILES string of the molecule is CCCCCN1C(=O)C(C)Oc2ccc(NC(=O)c3ccc(C)cc3)cc21. The van der Waals surface area contributed by atoms with Crippen LogP contribution in [0.1, 0.15) is 49.0 Å². The summed E-state index contributed by atoms with van der Waals surface area (Å²) in [5.41, 5.74) is 3.06. The highest BCUT2D eigenvalue weighted by atomic mass is 16.5. The van der Waals surface area contributed by atoms with E-state index in [9.17, 15) is 9.59 Å². The molecular formula is C22H26N2O3. The van der Waals surface area contributed by atoms with Gasteiger partial charge in [0.2, 0.25) is 0 Å². The van der Waals surface area contributed by atoms with Crippen LogP contribution in [0.3, 0.4) is 0 Å². The predicted octanol–water partition coefficient (Wildman–Crippen LogP) is 4.55. The van der Waals surface area contributed by atoms with Crippen LogP contribution in [0.5, 0.6) is 5.75 Å². The number of aryl methyl sites for hydroxylation is 1. The molecule has 1 aliphatic heterocycles. The van der Waals surface area contributed by atoms with E-state index in [1.165, 1.54) is 0 Å². The van der Waals surface area contributed by atoms with Gasteiger partial charge in [0.1, 0.15) is 5.75 Å². The fourth-order valence-corrected chi connectivity index (χ4v) is 3.14. The smallest absolute Gasteiger partial charge is 0.267 e. The number of nitrogens with zero attached hydrogens (tertiary/aromatic N) is 1. The molecule has 0 saturated heterocycles. The van der Waals surface area contributed by atoms with Crippen LogP contribution < -0.4 is 15.0 Å². The summed E-state index contributed by atoms with van der Waals surface area (Å²) in [4.78, 5) is 26.8. The van der Waals surface area contributed by atoms with Crippen LogP contribution in [0.25, 0.3) is 0 Å². The zero-order valence-electron chi connectivity index (χ0n) is 16.1. The number of ether oxygens (including phenoxy) is 1. The third kappa shape index (κ3) is 4.30. The molecule has 0 aromatic heterocycles. The topological polar surface area (TPSA) is 58.6 Å². The largest absolute Gasteiger partial charge is 0.479 e. The van der Waals surface area contributed by atoms with Gasteiger partial charge in [-0.2, -0.15) is 0 Å². The van der Waals surface area contributed by atoms with Crippen LogP contribution in [0.2, 0.25) is 0 Å². The van der Waals surface area contributed by atoms with Gasteiger partial charge in [-0.25, -0.2) is 0 Å². The third-order valence-electron chi connectivity index (χ3n) is 4.72.